The van der Waals surface area contributed by atoms with Gasteiger partial charge in [-0.25, -0.2) is 13.4 Å². The second-order valence-electron chi connectivity index (χ2n) is 6.99. The molecule has 1 aliphatic rings. The molecule has 0 unspecified atom stereocenters. The molecule has 1 saturated heterocycles. The number of piperazine rings is 1. The average Bonchev–Trinajstić information content (AvgIpc) is 3.09. The lowest BCUT2D eigenvalue weighted by Gasteiger charge is -2.33. The molecule has 30 heavy (non-hydrogen) atoms. The van der Waals surface area contributed by atoms with Gasteiger partial charge in [-0.1, -0.05) is 12.1 Å². The van der Waals surface area contributed by atoms with Gasteiger partial charge in [0.15, 0.2) is 9.86 Å². The number of thiazole rings is 1. The van der Waals surface area contributed by atoms with Gasteiger partial charge in [-0.15, -0.1) is 11.3 Å². The molecule has 0 atom stereocenters. The zero-order valence-electron chi connectivity index (χ0n) is 16.1. The summed E-state index contributed by atoms with van der Waals surface area (Å²) in [5, 5.41) is 13.1. The monoisotopic (exact) mass is 449 g/mol. The van der Waals surface area contributed by atoms with E-state index in [0.29, 0.717) is 30.3 Å². The van der Waals surface area contributed by atoms with Crippen molar-refractivity contribution < 1.29 is 13.3 Å². The van der Waals surface area contributed by atoms with Crippen LogP contribution in [0.15, 0.2) is 45.4 Å². The third-order valence-corrected chi connectivity index (χ3v) is 7.91. The summed E-state index contributed by atoms with van der Waals surface area (Å²) in [7, 11) is -3.97. The van der Waals surface area contributed by atoms with Crippen molar-refractivity contribution in [3.8, 4) is 0 Å². The number of nitro groups is 1. The van der Waals surface area contributed by atoms with Gasteiger partial charge in [0.25, 0.3) is 11.2 Å². The van der Waals surface area contributed by atoms with Crippen LogP contribution in [0.25, 0.3) is 4.96 Å². The molecule has 0 N–H and O–H groups in total. The number of hydrogen-bond donors (Lipinski definition) is 0. The predicted molar refractivity (Wildman–Crippen MR) is 111 cm³/mol. The van der Waals surface area contributed by atoms with Gasteiger partial charge in [-0.05, 0) is 13.0 Å². The maximum Gasteiger partial charge on any atom is 0.289 e. The van der Waals surface area contributed by atoms with Gasteiger partial charge in [0.1, 0.15) is 0 Å². The first kappa shape index (κ1) is 20.6. The van der Waals surface area contributed by atoms with Crippen LogP contribution in [0.1, 0.15) is 11.4 Å². The van der Waals surface area contributed by atoms with Gasteiger partial charge in [0, 0.05) is 55.9 Å². The smallest absolute Gasteiger partial charge is 0.289 e. The van der Waals surface area contributed by atoms with Gasteiger partial charge < -0.3 is 0 Å². The number of para-hydroxylation sites is 1. The van der Waals surface area contributed by atoms with Crippen LogP contribution in [-0.4, -0.2) is 58.1 Å². The molecule has 3 heterocycles. The van der Waals surface area contributed by atoms with Gasteiger partial charge in [-0.3, -0.25) is 24.2 Å². The van der Waals surface area contributed by atoms with Crippen LogP contribution in [0.5, 0.6) is 0 Å². The zero-order valence-corrected chi connectivity index (χ0v) is 17.7. The number of sulfonamides is 1. The van der Waals surface area contributed by atoms with Crippen molar-refractivity contribution in [1.29, 1.82) is 0 Å². The molecule has 0 aliphatic carbocycles. The summed E-state index contributed by atoms with van der Waals surface area (Å²) in [5.41, 5.74) is 0.917. The van der Waals surface area contributed by atoms with E-state index in [4.69, 9.17) is 0 Å². The third-order valence-electron chi connectivity index (χ3n) is 5.03. The molecular formula is C18H19N5O5S2. The summed E-state index contributed by atoms with van der Waals surface area (Å²) in [6, 6.07) is 6.87. The van der Waals surface area contributed by atoms with E-state index in [1.807, 2.05) is 17.2 Å². The summed E-state index contributed by atoms with van der Waals surface area (Å²) in [4.78, 5) is 29.7. The van der Waals surface area contributed by atoms with Gasteiger partial charge in [0.05, 0.1) is 10.6 Å². The number of rotatable bonds is 5. The van der Waals surface area contributed by atoms with E-state index in [9.17, 15) is 23.3 Å². The van der Waals surface area contributed by atoms with Crippen LogP contribution in [0.2, 0.25) is 0 Å². The molecule has 0 spiro atoms. The van der Waals surface area contributed by atoms with E-state index in [1.165, 1.54) is 46.0 Å². The van der Waals surface area contributed by atoms with Crippen molar-refractivity contribution in [2.45, 2.75) is 18.4 Å². The van der Waals surface area contributed by atoms with Crippen LogP contribution in [-0.2, 0) is 16.6 Å². The molecule has 0 bridgehead atoms. The average molecular weight is 450 g/mol. The minimum atomic E-state index is -3.97. The Bertz CT molecular complexity index is 1280. The molecule has 158 valence electrons. The highest BCUT2D eigenvalue weighted by molar-refractivity contribution is 7.89. The minimum absolute atomic E-state index is 0.133. The second-order valence-corrected chi connectivity index (χ2v) is 9.73. The van der Waals surface area contributed by atoms with Crippen LogP contribution in [0.4, 0.5) is 5.69 Å². The lowest BCUT2D eigenvalue weighted by Crippen LogP contribution is -2.48. The number of nitrogens with zero attached hydrogens (tertiary/aromatic N) is 5. The number of nitro benzene ring substituents is 1. The number of fused-ring (bicyclic) bond motifs is 1. The third kappa shape index (κ3) is 3.74. The Balaban J connectivity index is 1.48. The molecule has 0 amide bonds. The van der Waals surface area contributed by atoms with Crippen molar-refractivity contribution in [2.75, 3.05) is 26.2 Å². The number of aryl methyl sites for hydroxylation is 1. The highest BCUT2D eigenvalue weighted by Crippen LogP contribution is 2.27. The van der Waals surface area contributed by atoms with E-state index >= 15 is 0 Å². The summed E-state index contributed by atoms with van der Waals surface area (Å²) >= 11 is 1.40. The van der Waals surface area contributed by atoms with E-state index in [0.717, 1.165) is 5.69 Å². The molecule has 3 aromatic rings. The Labute approximate surface area is 176 Å². The molecule has 1 aromatic carbocycles. The highest BCUT2D eigenvalue weighted by Gasteiger charge is 2.33. The van der Waals surface area contributed by atoms with Crippen LogP contribution in [0, 0.1) is 17.0 Å². The molecule has 1 aliphatic heterocycles. The van der Waals surface area contributed by atoms with Crippen molar-refractivity contribution in [3.63, 3.8) is 0 Å². The molecule has 1 fully saturated rings. The van der Waals surface area contributed by atoms with Crippen LogP contribution >= 0.6 is 11.3 Å². The first-order valence-corrected chi connectivity index (χ1v) is 11.5. The fraction of sp³-hybridized carbons (Fsp3) is 0.333. The fourth-order valence-corrected chi connectivity index (χ4v) is 5.97. The van der Waals surface area contributed by atoms with Gasteiger partial charge in [0.2, 0.25) is 10.0 Å². The number of benzene rings is 1. The van der Waals surface area contributed by atoms with Crippen LogP contribution in [0.3, 0.4) is 0 Å². The Hall–Kier alpha value is -2.67. The van der Waals surface area contributed by atoms with Crippen molar-refractivity contribution >= 4 is 32.0 Å². The minimum Gasteiger partial charge on any atom is -0.295 e. The Morgan fingerprint density at radius 3 is 2.60 bits per heavy atom. The summed E-state index contributed by atoms with van der Waals surface area (Å²) in [6.07, 6.45) is 0. The van der Waals surface area contributed by atoms with Crippen molar-refractivity contribution in [1.82, 2.24) is 18.6 Å². The normalized spacial score (nSPS) is 16.2. The molecule has 12 heteroatoms. The molecule has 0 radical (unpaired) electrons. The standard InChI is InChI=1S/C18H19N5O5S2/c1-13-12-29-18-19-14(10-17(24)22(13)18)11-20-6-8-21(9-7-20)30(27,28)16-5-3-2-4-15(16)23(25)26/h2-5,10,12H,6-9,11H2,1H3. The number of aromatic nitrogens is 2. The lowest BCUT2D eigenvalue weighted by molar-refractivity contribution is -0.387. The second kappa shape index (κ2) is 7.87. The van der Waals surface area contributed by atoms with Crippen molar-refractivity contribution in [2.24, 2.45) is 0 Å². The first-order valence-electron chi connectivity index (χ1n) is 9.20. The SMILES string of the molecule is Cc1csc2nc(CN3CCN(S(=O)(=O)c4ccccc4[N+](=O)[O-])CC3)cc(=O)n12. The van der Waals surface area contributed by atoms with Gasteiger partial charge >= 0.3 is 0 Å². The molecule has 4 rings (SSSR count). The molecular weight excluding hydrogens is 430 g/mol. The predicted octanol–water partition coefficient (Wildman–Crippen LogP) is 1.48. The Morgan fingerprint density at radius 2 is 1.90 bits per heavy atom. The largest absolute Gasteiger partial charge is 0.295 e. The summed E-state index contributed by atoms with van der Waals surface area (Å²) in [5.74, 6) is 0. The highest BCUT2D eigenvalue weighted by atomic mass is 32.2. The maximum atomic E-state index is 12.9. The Kier molecular flexibility index (Phi) is 5.40. The van der Waals surface area contributed by atoms with E-state index in [1.54, 1.807) is 4.40 Å². The van der Waals surface area contributed by atoms with E-state index in [2.05, 4.69) is 4.98 Å². The number of hydrogen-bond acceptors (Lipinski definition) is 8. The lowest BCUT2D eigenvalue weighted by atomic mass is 10.3. The van der Waals surface area contributed by atoms with E-state index in [-0.39, 0.29) is 23.5 Å². The molecule has 10 nitrogen and oxygen atoms in total. The quantitative estimate of drug-likeness (QED) is 0.428. The maximum absolute atomic E-state index is 12.9. The van der Waals surface area contributed by atoms with Crippen molar-refractivity contribution in [3.05, 3.63) is 67.6 Å². The zero-order chi connectivity index (χ0) is 21.5. The summed E-state index contributed by atoms with van der Waals surface area (Å²) < 4.78 is 28.7. The molecule has 0 saturated carbocycles. The van der Waals surface area contributed by atoms with E-state index < -0.39 is 20.6 Å². The van der Waals surface area contributed by atoms with Gasteiger partial charge in [-0.2, -0.15) is 4.31 Å². The summed E-state index contributed by atoms with van der Waals surface area (Å²) in [6.45, 7) is 3.56. The van der Waals surface area contributed by atoms with Crippen LogP contribution < -0.4 is 5.56 Å². The first-order chi connectivity index (χ1) is 14.3. The Morgan fingerprint density at radius 1 is 1.20 bits per heavy atom. The molecule has 2 aromatic heterocycles. The topological polar surface area (TPSA) is 118 Å². The fourth-order valence-electron chi connectivity index (χ4n) is 3.50.